The summed E-state index contributed by atoms with van der Waals surface area (Å²) in [4.78, 5) is 11.0. The van der Waals surface area contributed by atoms with E-state index in [1.807, 2.05) is 0 Å². The first-order valence-electron chi connectivity index (χ1n) is 5.52. The number of aliphatic hydroxyl groups excluding tert-OH is 1. The van der Waals surface area contributed by atoms with Crippen LogP contribution in [0, 0.1) is 10.1 Å². The Morgan fingerprint density at radius 1 is 1.42 bits per heavy atom. The Labute approximate surface area is 107 Å². The summed E-state index contributed by atoms with van der Waals surface area (Å²) in [5.41, 5.74) is -2.07. The normalized spacial score (nSPS) is 11.4. The van der Waals surface area contributed by atoms with Crippen molar-refractivity contribution < 1.29 is 23.2 Å². The highest BCUT2D eigenvalue weighted by Gasteiger charge is 2.38. The van der Waals surface area contributed by atoms with Crippen molar-refractivity contribution in [3.05, 3.63) is 33.9 Å². The molecule has 8 heteroatoms. The lowest BCUT2D eigenvalue weighted by Crippen LogP contribution is -2.26. The summed E-state index contributed by atoms with van der Waals surface area (Å²) < 4.78 is 38.3. The number of alkyl halides is 3. The summed E-state index contributed by atoms with van der Waals surface area (Å²) >= 11 is 0. The summed E-state index contributed by atoms with van der Waals surface area (Å²) in [6.07, 6.45) is -4.79. The molecule has 0 saturated heterocycles. The van der Waals surface area contributed by atoms with Gasteiger partial charge in [0.05, 0.1) is 11.5 Å². The summed E-state index contributed by atoms with van der Waals surface area (Å²) in [7, 11) is 0. The van der Waals surface area contributed by atoms with Crippen molar-refractivity contribution in [3.63, 3.8) is 0 Å². The van der Waals surface area contributed by atoms with Crippen molar-refractivity contribution in [1.29, 1.82) is 0 Å². The van der Waals surface area contributed by atoms with Crippen LogP contribution in [-0.4, -0.2) is 29.7 Å². The van der Waals surface area contributed by atoms with Gasteiger partial charge in [0.15, 0.2) is 0 Å². The molecule has 0 spiro atoms. The van der Waals surface area contributed by atoms with Gasteiger partial charge in [0.2, 0.25) is 0 Å². The van der Waals surface area contributed by atoms with E-state index in [0.29, 0.717) is 6.54 Å². The lowest BCUT2D eigenvalue weighted by molar-refractivity contribution is -0.388. The minimum Gasteiger partial charge on any atom is -0.395 e. The molecule has 0 unspecified atom stereocenters. The molecule has 19 heavy (non-hydrogen) atoms. The number of hydrogen-bond donors (Lipinski definition) is 1. The topological polar surface area (TPSA) is 66.6 Å². The van der Waals surface area contributed by atoms with Gasteiger partial charge in [-0.25, -0.2) is 0 Å². The third kappa shape index (κ3) is 3.57. The fourth-order valence-corrected chi connectivity index (χ4v) is 1.70. The predicted molar refractivity (Wildman–Crippen MR) is 63.1 cm³/mol. The molecule has 0 atom stereocenters. The molecule has 0 bridgehead atoms. The monoisotopic (exact) mass is 278 g/mol. The molecule has 106 valence electrons. The highest BCUT2D eigenvalue weighted by molar-refractivity contribution is 5.56. The van der Waals surface area contributed by atoms with E-state index in [1.54, 1.807) is 6.92 Å². The maximum Gasteiger partial charge on any atom is 0.423 e. The van der Waals surface area contributed by atoms with Crippen molar-refractivity contribution in [3.8, 4) is 0 Å². The van der Waals surface area contributed by atoms with Crippen molar-refractivity contribution in [2.45, 2.75) is 13.1 Å². The van der Waals surface area contributed by atoms with Crippen LogP contribution in [0.25, 0.3) is 0 Å². The van der Waals surface area contributed by atoms with Crippen LogP contribution in [0.1, 0.15) is 12.5 Å². The number of nitrogens with zero attached hydrogens (tertiary/aromatic N) is 2. The number of hydrogen-bond acceptors (Lipinski definition) is 4. The predicted octanol–water partition coefficient (Wildman–Crippen LogP) is 2.43. The molecule has 0 saturated carbocycles. The Morgan fingerprint density at radius 3 is 2.47 bits per heavy atom. The zero-order valence-corrected chi connectivity index (χ0v) is 10.1. The van der Waals surface area contributed by atoms with Crippen LogP contribution in [0.15, 0.2) is 18.2 Å². The lowest BCUT2D eigenvalue weighted by Gasteiger charge is -2.22. The minimum atomic E-state index is -4.79. The molecular weight excluding hydrogens is 265 g/mol. The second-order valence-electron chi connectivity index (χ2n) is 3.76. The summed E-state index contributed by atoms with van der Waals surface area (Å²) in [5, 5.41) is 19.4. The molecule has 1 aromatic rings. The van der Waals surface area contributed by atoms with E-state index in [0.717, 1.165) is 12.1 Å². The van der Waals surface area contributed by atoms with Crippen LogP contribution in [0.5, 0.6) is 0 Å². The van der Waals surface area contributed by atoms with E-state index < -0.39 is 22.4 Å². The third-order valence-corrected chi connectivity index (χ3v) is 2.60. The van der Waals surface area contributed by atoms with Crippen molar-refractivity contribution >= 4 is 11.4 Å². The first kappa shape index (κ1) is 15.2. The molecule has 0 aliphatic heterocycles. The number of halogens is 3. The van der Waals surface area contributed by atoms with Crippen molar-refractivity contribution in [1.82, 2.24) is 0 Å². The first-order valence-corrected chi connectivity index (χ1v) is 5.52. The largest absolute Gasteiger partial charge is 0.423 e. The van der Waals surface area contributed by atoms with Gasteiger partial charge in [0, 0.05) is 24.8 Å². The number of benzene rings is 1. The molecule has 0 aliphatic rings. The first-order chi connectivity index (χ1) is 8.81. The average Bonchev–Trinajstić information content (AvgIpc) is 2.34. The minimum absolute atomic E-state index is 0.158. The summed E-state index contributed by atoms with van der Waals surface area (Å²) in [6, 6.07) is 2.81. The molecule has 1 aromatic carbocycles. The molecule has 0 amide bonds. The van der Waals surface area contributed by atoms with Crippen LogP contribution in [0.2, 0.25) is 0 Å². The highest BCUT2D eigenvalue weighted by atomic mass is 19.4. The standard InChI is InChI=1S/C11H13F3N2O3/c1-2-15(5-6-17)8-3-4-10(16(18)19)9(7-8)11(12,13)14/h3-4,7,17H,2,5-6H2,1H3. The molecule has 0 aliphatic carbocycles. The van der Waals surface area contributed by atoms with Gasteiger partial charge in [-0.2, -0.15) is 13.2 Å². The SMILES string of the molecule is CCN(CCO)c1ccc([N+](=O)[O-])c(C(F)(F)F)c1. The molecule has 0 fully saturated rings. The number of nitro benzene ring substituents is 1. The summed E-state index contributed by atoms with van der Waals surface area (Å²) in [5.74, 6) is 0. The lowest BCUT2D eigenvalue weighted by atomic mass is 10.1. The van der Waals surface area contributed by atoms with Crippen molar-refractivity contribution in [2.75, 3.05) is 24.6 Å². The Balaban J connectivity index is 3.29. The van der Waals surface area contributed by atoms with Crippen LogP contribution in [-0.2, 0) is 6.18 Å². The van der Waals surface area contributed by atoms with Crippen LogP contribution in [0.4, 0.5) is 24.5 Å². The van der Waals surface area contributed by atoms with Gasteiger partial charge < -0.3 is 10.0 Å². The maximum absolute atomic E-state index is 12.8. The van der Waals surface area contributed by atoms with Gasteiger partial charge in [-0.1, -0.05) is 0 Å². The Kier molecular flexibility index (Phi) is 4.71. The number of anilines is 1. The summed E-state index contributed by atoms with van der Waals surface area (Å²) in [6.45, 7) is 2.04. The molecule has 0 aromatic heterocycles. The zero-order valence-electron chi connectivity index (χ0n) is 10.1. The number of rotatable bonds is 5. The van der Waals surface area contributed by atoms with Gasteiger partial charge in [0.1, 0.15) is 5.56 Å². The average molecular weight is 278 g/mol. The molecule has 5 nitrogen and oxygen atoms in total. The maximum atomic E-state index is 12.8. The van der Waals surface area contributed by atoms with E-state index in [2.05, 4.69) is 0 Å². The van der Waals surface area contributed by atoms with E-state index in [1.165, 1.54) is 11.0 Å². The van der Waals surface area contributed by atoms with Crippen LogP contribution < -0.4 is 4.90 Å². The Morgan fingerprint density at radius 2 is 2.05 bits per heavy atom. The quantitative estimate of drug-likeness (QED) is 0.663. The highest BCUT2D eigenvalue weighted by Crippen LogP contribution is 2.38. The smallest absolute Gasteiger partial charge is 0.395 e. The fraction of sp³-hybridized carbons (Fsp3) is 0.455. The van der Waals surface area contributed by atoms with E-state index >= 15 is 0 Å². The van der Waals surface area contributed by atoms with E-state index in [-0.39, 0.29) is 18.8 Å². The fourth-order valence-electron chi connectivity index (χ4n) is 1.70. The van der Waals surface area contributed by atoms with E-state index in [4.69, 9.17) is 5.11 Å². The van der Waals surface area contributed by atoms with Gasteiger partial charge >= 0.3 is 6.18 Å². The third-order valence-electron chi connectivity index (χ3n) is 2.60. The molecule has 1 N–H and O–H groups in total. The zero-order chi connectivity index (χ0) is 14.6. The van der Waals surface area contributed by atoms with Gasteiger partial charge in [-0.3, -0.25) is 10.1 Å². The van der Waals surface area contributed by atoms with Gasteiger partial charge in [-0.05, 0) is 19.1 Å². The Hall–Kier alpha value is -1.83. The molecule has 0 radical (unpaired) electrons. The van der Waals surface area contributed by atoms with Crippen LogP contribution >= 0.6 is 0 Å². The molecule has 1 rings (SSSR count). The molecule has 0 heterocycles. The van der Waals surface area contributed by atoms with E-state index in [9.17, 15) is 23.3 Å². The second-order valence-corrected chi connectivity index (χ2v) is 3.76. The Bertz CT molecular complexity index is 463. The number of likely N-dealkylation sites (N-methyl/N-ethyl adjacent to an activating group) is 1. The van der Waals surface area contributed by atoms with Crippen LogP contribution in [0.3, 0.4) is 0 Å². The number of nitro groups is 1. The molecular formula is C11H13F3N2O3. The van der Waals surface area contributed by atoms with Crippen molar-refractivity contribution in [2.24, 2.45) is 0 Å². The van der Waals surface area contributed by atoms with Gasteiger partial charge in [0.25, 0.3) is 5.69 Å². The second kappa shape index (κ2) is 5.87. The van der Waals surface area contributed by atoms with Gasteiger partial charge in [-0.15, -0.1) is 0 Å². The number of aliphatic hydroxyl groups is 1.